The Bertz CT molecular complexity index is 728. The minimum absolute atomic E-state index is 0.309. The van der Waals surface area contributed by atoms with Gasteiger partial charge in [-0.2, -0.15) is 0 Å². The Kier molecular flexibility index (Phi) is 5.73. The summed E-state index contributed by atoms with van der Waals surface area (Å²) in [4.78, 5) is 16.5. The Morgan fingerprint density at radius 2 is 1.64 bits per heavy atom. The molecule has 0 spiro atoms. The third-order valence-electron chi connectivity index (χ3n) is 4.24. The van der Waals surface area contributed by atoms with Crippen LogP contribution in [0, 0.1) is 5.82 Å². The van der Waals surface area contributed by atoms with Gasteiger partial charge >= 0.3 is 0 Å². The van der Waals surface area contributed by atoms with E-state index < -0.39 is 0 Å². The van der Waals surface area contributed by atoms with E-state index in [4.69, 9.17) is 12.2 Å². The quantitative estimate of drug-likeness (QED) is 0.857. The van der Waals surface area contributed by atoms with E-state index in [0.29, 0.717) is 10.7 Å². The van der Waals surface area contributed by atoms with Gasteiger partial charge in [-0.15, -0.1) is 0 Å². The molecule has 1 N–H and O–H groups in total. The first-order valence-corrected chi connectivity index (χ1v) is 8.65. The lowest BCUT2D eigenvalue weighted by Gasteiger charge is -2.36. The second-order valence-corrected chi connectivity index (χ2v) is 6.40. The summed E-state index contributed by atoms with van der Waals surface area (Å²) in [5.41, 5.74) is 1.69. The first kappa shape index (κ1) is 17.5. The lowest BCUT2D eigenvalue weighted by atomic mass is 10.2. The molecular weight excluding hydrogens is 337 g/mol. The topological polar surface area (TPSA) is 35.6 Å². The van der Waals surface area contributed by atoms with E-state index in [0.717, 1.165) is 32.7 Å². The number of piperazine rings is 1. The summed E-state index contributed by atoms with van der Waals surface area (Å²) < 4.78 is 12.9. The van der Waals surface area contributed by atoms with E-state index in [-0.39, 0.29) is 11.7 Å². The highest BCUT2D eigenvalue weighted by atomic mass is 32.1. The number of hydrogen-bond donors (Lipinski definition) is 1. The van der Waals surface area contributed by atoms with Crippen LogP contribution in [0.2, 0.25) is 0 Å². The Morgan fingerprint density at radius 3 is 2.28 bits per heavy atom. The number of carbonyl (C=O) groups excluding carboxylic acids is 1. The Labute approximate surface area is 152 Å². The second kappa shape index (κ2) is 8.18. The third-order valence-corrected chi connectivity index (χ3v) is 4.60. The largest absolute Gasteiger partial charge is 0.346 e. The van der Waals surface area contributed by atoms with Crippen molar-refractivity contribution < 1.29 is 9.18 Å². The summed E-state index contributed by atoms with van der Waals surface area (Å²) >= 11 is 5.35. The van der Waals surface area contributed by atoms with Crippen LogP contribution < -0.4 is 5.32 Å². The summed E-state index contributed by atoms with van der Waals surface area (Å²) in [5.74, 6) is -0.676. The molecule has 130 valence electrons. The molecule has 1 saturated heterocycles. The lowest BCUT2D eigenvalue weighted by molar-refractivity contribution is 0.0969. The van der Waals surface area contributed by atoms with Gasteiger partial charge in [-0.05, 0) is 42.0 Å². The molecule has 3 rings (SSSR count). The van der Waals surface area contributed by atoms with Crippen molar-refractivity contribution in [1.29, 1.82) is 0 Å². The predicted molar refractivity (Wildman–Crippen MR) is 99.8 cm³/mol. The highest BCUT2D eigenvalue weighted by molar-refractivity contribution is 7.80. The molecule has 2 aromatic rings. The average Bonchev–Trinajstić information content (AvgIpc) is 2.63. The van der Waals surface area contributed by atoms with Crippen molar-refractivity contribution in [2.75, 3.05) is 26.2 Å². The van der Waals surface area contributed by atoms with Gasteiger partial charge in [0.1, 0.15) is 5.82 Å². The van der Waals surface area contributed by atoms with Gasteiger partial charge in [0.05, 0.1) is 0 Å². The fraction of sp³-hybridized carbons (Fsp3) is 0.263. The molecule has 4 nitrogen and oxygen atoms in total. The SMILES string of the molecule is O=C(NC(=S)N1CCN(Cc2ccccc2)CC1)c1ccc(F)cc1. The van der Waals surface area contributed by atoms with Crippen LogP contribution in [0.4, 0.5) is 4.39 Å². The molecule has 0 saturated carbocycles. The predicted octanol–water partition coefficient (Wildman–Crippen LogP) is 2.66. The van der Waals surface area contributed by atoms with E-state index in [2.05, 4.69) is 22.3 Å². The zero-order valence-electron chi connectivity index (χ0n) is 13.8. The van der Waals surface area contributed by atoms with Crippen LogP contribution in [0.5, 0.6) is 0 Å². The summed E-state index contributed by atoms with van der Waals surface area (Å²) in [6, 6.07) is 15.8. The molecule has 0 aliphatic carbocycles. The molecule has 0 aromatic heterocycles. The van der Waals surface area contributed by atoms with Crippen LogP contribution >= 0.6 is 12.2 Å². The monoisotopic (exact) mass is 357 g/mol. The van der Waals surface area contributed by atoms with E-state index >= 15 is 0 Å². The maximum Gasteiger partial charge on any atom is 0.257 e. The number of nitrogens with one attached hydrogen (secondary N) is 1. The van der Waals surface area contributed by atoms with Crippen molar-refractivity contribution in [3.8, 4) is 0 Å². The number of amides is 1. The zero-order valence-corrected chi connectivity index (χ0v) is 14.6. The maximum absolute atomic E-state index is 12.9. The molecule has 0 radical (unpaired) electrons. The Morgan fingerprint density at radius 1 is 1.00 bits per heavy atom. The Hall–Kier alpha value is -2.31. The molecule has 1 aliphatic heterocycles. The van der Waals surface area contributed by atoms with Gasteiger partial charge in [-0.25, -0.2) is 4.39 Å². The van der Waals surface area contributed by atoms with Gasteiger partial charge in [0.25, 0.3) is 5.91 Å². The number of hydrogen-bond acceptors (Lipinski definition) is 3. The van der Waals surface area contributed by atoms with Gasteiger partial charge < -0.3 is 4.90 Å². The summed E-state index contributed by atoms with van der Waals surface area (Å²) in [5, 5.41) is 3.15. The number of nitrogens with zero attached hydrogens (tertiary/aromatic N) is 2. The van der Waals surface area contributed by atoms with Gasteiger partial charge in [0.2, 0.25) is 0 Å². The third kappa shape index (κ3) is 4.84. The van der Waals surface area contributed by atoms with Crippen molar-refractivity contribution in [2.45, 2.75) is 6.54 Å². The fourth-order valence-electron chi connectivity index (χ4n) is 2.80. The van der Waals surface area contributed by atoms with Crippen molar-refractivity contribution in [3.05, 3.63) is 71.5 Å². The van der Waals surface area contributed by atoms with Crippen LogP contribution in [-0.2, 0) is 6.54 Å². The van der Waals surface area contributed by atoms with Crippen LogP contribution in [0.15, 0.2) is 54.6 Å². The molecular formula is C19H20FN3OS. The minimum Gasteiger partial charge on any atom is -0.346 e. The van der Waals surface area contributed by atoms with Crippen molar-refractivity contribution in [1.82, 2.24) is 15.1 Å². The number of halogens is 1. The number of rotatable bonds is 3. The summed E-state index contributed by atoms with van der Waals surface area (Å²) in [6.45, 7) is 4.25. The highest BCUT2D eigenvalue weighted by Gasteiger charge is 2.20. The normalized spacial score (nSPS) is 15.0. The first-order chi connectivity index (χ1) is 12.1. The molecule has 1 amide bonds. The van der Waals surface area contributed by atoms with Crippen LogP contribution in [0.3, 0.4) is 0 Å². The molecule has 6 heteroatoms. The second-order valence-electron chi connectivity index (χ2n) is 6.01. The molecule has 1 heterocycles. The lowest BCUT2D eigenvalue weighted by Crippen LogP contribution is -2.52. The van der Waals surface area contributed by atoms with Gasteiger partial charge in [0, 0.05) is 38.3 Å². The van der Waals surface area contributed by atoms with E-state index in [9.17, 15) is 9.18 Å². The van der Waals surface area contributed by atoms with Crippen molar-refractivity contribution in [3.63, 3.8) is 0 Å². The van der Waals surface area contributed by atoms with E-state index in [1.165, 1.54) is 29.8 Å². The van der Waals surface area contributed by atoms with Gasteiger partial charge in [0.15, 0.2) is 5.11 Å². The molecule has 0 unspecified atom stereocenters. The average molecular weight is 357 g/mol. The molecule has 0 atom stereocenters. The summed E-state index contributed by atoms with van der Waals surface area (Å²) in [7, 11) is 0. The zero-order chi connectivity index (χ0) is 17.6. The first-order valence-electron chi connectivity index (χ1n) is 8.24. The maximum atomic E-state index is 12.9. The molecule has 25 heavy (non-hydrogen) atoms. The smallest absolute Gasteiger partial charge is 0.257 e. The van der Waals surface area contributed by atoms with Crippen LogP contribution in [0.1, 0.15) is 15.9 Å². The standard InChI is InChI=1S/C19H20FN3OS/c20-17-8-6-16(7-9-17)18(24)21-19(25)23-12-10-22(11-13-23)14-15-4-2-1-3-5-15/h1-9H,10-14H2,(H,21,24,25). The highest BCUT2D eigenvalue weighted by Crippen LogP contribution is 2.09. The number of benzene rings is 2. The van der Waals surface area contributed by atoms with E-state index in [1.807, 2.05) is 23.1 Å². The minimum atomic E-state index is -0.367. The summed E-state index contributed by atoms with van der Waals surface area (Å²) in [6.07, 6.45) is 0. The van der Waals surface area contributed by atoms with Crippen molar-refractivity contribution in [2.24, 2.45) is 0 Å². The molecule has 1 fully saturated rings. The Balaban J connectivity index is 1.48. The number of carbonyl (C=O) groups is 1. The fourth-order valence-corrected chi connectivity index (χ4v) is 3.08. The molecule has 0 bridgehead atoms. The van der Waals surface area contributed by atoms with Gasteiger partial charge in [-0.1, -0.05) is 30.3 Å². The van der Waals surface area contributed by atoms with Crippen LogP contribution in [-0.4, -0.2) is 47.0 Å². The molecule has 1 aliphatic rings. The van der Waals surface area contributed by atoms with E-state index in [1.54, 1.807) is 0 Å². The van der Waals surface area contributed by atoms with Crippen molar-refractivity contribution >= 4 is 23.2 Å². The van der Waals surface area contributed by atoms with Crippen LogP contribution in [0.25, 0.3) is 0 Å². The number of thiocarbonyl (C=S) groups is 1. The van der Waals surface area contributed by atoms with Gasteiger partial charge in [-0.3, -0.25) is 15.0 Å². The molecule has 2 aromatic carbocycles.